The first-order valence-electron chi connectivity index (χ1n) is 3.92. The van der Waals surface area contributed by atoms with E-state index in [2.05, 4.69) is 11.1 Å². The van der Waals surface area contributed by atoms with Crippen LogP contribution in [-0.4, -0.2) is 11.6 Å². The minimum atomic E-state index is 0.486. The van der Waals surface area contributed by atoms with Gasteiger partial charge in [-0.15, -0.1) is 11.3 Å². The smallest absolute Gasteiger partial charge is 0.137 e. The lowest BCUT2D eigenvalue weighted by molar-refractivity contribution is 0.271. The van der Waals surface area contributed by atoms with E-state index in [1.807, 2.05) is 19.2 Å². The number of aryl methyl sites for hydroxylation is 1. The number of allylic oxidation sites excluding steroid dienone is 1. The fraction of sp³-hybridized carbons (Fsp3) is 0.333. The monoisotopic (exact) mass is 194 g/mol. The molecule has 0 aliphatic heterocycles. The molecule has 0 amide bonds. The highest BCUT2D eigenvalue weighted by atomic mass is 32.1. The van der Waals surface area contributed by atoms with Gasteiger partial charge in [-0.25, -0.2) is 4.98 Å². The molecule has 0 fully saturated rings. The van der Waals surface area contributed by atoms with Crippen LogP contribution in [0.4, 0.5) is 0 Å². The van der Waals surface area contributed by atoms with Crippen molar-refractivity contribution in [3.8, 4) is 6.07 Å². The number of hydrogen-bond acceptors (Lipinski definition) is 4. The molecule has 0 radical (unpaired) electrons. The molecule has 0 aliphatic rings. The first-order chi connectivity index (χ1) is 6.27. The summed E-state index contributed by atoms with van der Waals surface area (Å²) in [6, 6.07) is 2.05. The van der Waals surface area contributed by atoms with Crippen LogP contribution in [0.15, 0.2) is 11.6 Å². The van der Waals surface area contributed by atoms with Crippen molar-refractivity contribution >= 4 is 16.9 Å². The van der Waals surface area contributed by atoms with E-state index in [-0.39, 0.29) is 0 Å². The van der Waals surface area contributed by atoms with Gasteiger partial charge in [0, 0.05) is 11.1 Å². The Hall–Kier alpha value is -1.34. The lowest BCUT2D eigenvalue weighted by atomic mass is 10.3. The van der Waals surface area contributed by atoms with Gasteiger partial charge in [0.25, 0.3) is 0 Å². The van der Waals surface area contributed by atoms with Gasteiger partial charge >= 0.3 is 0 Å². The molecule has 0 aliphatic carbocycles. The summed E-state index contributed by atoms with van der Waals surface area (Å²) >= 11 is 1.45. The highest BCUT2D eigenvalue weighted by molar-refractivity contribution is 7.10. The maximum Gasteiger partial charge on any atom is 0.137 e. The average Bonchev–Trinajstić information content (AvgIpc) is 2.54. The van der Waals surface area contributed by atoms with Gasteiger partial charge in [0.05, 0.1) is 6.61 Å². The number of hydrogen-bond donors (Lipinski definition) is 0. The Balaban J connectivity index is 2.86. The van der Waals surface area contributed by atoms with Gasteiger partial charge in [-0.1, -0.05) is 0 Å². The minimum Gasteiger partial charge on any atom is -0.500 e. The highest BCUT2D eigenvalue weighted by Crippen LogP contribution is 2.18. The van der Waals surface area contributed by atoms with Crippen LogP contribution in [-0.2, 0) is 4.74 Å². The molecule has 68 valence electrons. The Morgan fingerprint density at radius 3 is 3.08 bits per heavy atom. The Bertz CT molecular complexity index is 349. The molecular formula is C9H10N2OS. The quantitative estimate of drug-likeness (QED) is 0.548. The Morgan fingerprint density at radius 1 is 1.85 bits per heavy atom. The van der Waals surface area contributed by atoms with E-state index < -0.39 is 0 Å². The summed E-state index contributed by atoms with van der Waals surface area (Å²) in [6.07, 6.45) is 1.46. The lowest BCUT2D eigenvalue weighted by Gasteiger charge is -1.94. The standard InChI is InChI=1S/C9H10N2OS/c1-3-12-5-8(4-10)9-11-7(2)6-13-9/h5-6H,3H2,1-2H3. The van der Waals surface area contributed by atoms with Gasteiger partial charge < -0.3 is 4.74 Å². The van der Waals surface area contributed by atoms with E-state index in [0.717, 1.165) is 5.69 Å². The van der Waals surface area contributed by atoms with Crippen LogP contribution in [0, 0.1) is 18.3 Å². The second-order valence-corrected chi connectivity index (χ2v) is 3.25. The van der Waals surface area contributed by atoms with Crippen molar-refractivity contribution in [2.75, 3.05) is 6.61 Å². The molecular weight excluding hydrogens is 184 g/mol. The van der Waals surface area contributed by atoms with Crippen LogP contribution < -0.4 is 0 Å². The number of nitrogens with zero attached hydrogens (tertiary/aromatic N) is 2. The normalized spacial score (nSPS) is 11.0. The summed E-state index contributed by atoms with van der Waals surface area (Å²) in [6.45, 7) is 4.34. The van der Waals surface area contributed by atoms with E-state index in [1.54, 1.807) is 0 Å². The zero-order valence-corrected chi connectivity index (χ0v) is 8.39. The summed E-state index contributed by atoms with van der Waals surface area (Å²) in [4.78, 5) is 4.18. The van der Waals surface area contributed by atoms with Gasteiger partial charge in [-0.3, -0.25) is 0 Å². The molecule has 0 spiro atoms. The van der Waals surface area contributed by atoms with Gasteiger partial charge in [-0.2, -0.15) is 5.26 Å². The molecule has 1 heterocycles. The van der Waals surface area contributed by atoms with Crippen molar-refractivity contribution in [3.05, 3.63) is 22.3 Å². The minimum absolute atomic E-state index is 0.486. The predicted molar refractivity (Wildman–Crippen MR) is 52.1 cm³/mol. The van der Waals surface area contributed by atoms with Crippen molar-refractivity contribution in [1.82, 2.24) is 4.98 Å². The Morgan fingerprint density at radius 2 is 2.62 bits per heavy atom. The van der Waals surface area contributed by atoms with E-state index in [4.69, 9.17) is 10.00 Å². The molecule has 0 unspecified atom stereocenters. The summed E-state index contributed by atoms with van der Waals surface area (Å²) < 4.78 is 5.03. The van der Waals surface area contributed by atoms with Crippen molar-refractivity contribution in [2.45, 2.75) is 13.8 Å². The number of aromatic nitrogens is 1. The van der Waals surface area contributed by atoms with Crippen molar-refractivity contribution in [2.24, 2.45) is 0 Å². The number of nitriles is 1. The largest absolute Gasteiger partial charge is 0.500 e. The van der Waals surface area contributed by atoms with Crippen LogP contribution >= 0.6 is 11.3 Å². The molecule has 1 aromatic rings. The van der Waals surface area contributed by atoms with Crippen LogP contribution in [0.25, 0.3) is 5.57 Å². The van der Waals surface area contributed by atoms with E-state index in [1.165, 1.54) is 17.6 Å². The van der Waals surface area contributed by atoms with Crippen LogP contribution in [0.5, 0.6) is 0 Å². The SMILES string of the molecule is CCOC=C(C#N)c1nc(C)cs1. The molecule has 4 heteroatoms. The van der Waals surface area contributed by atoms with E-state index >= 15 is 0 Å². The second kappa shape index (κ2) is 4.63. The summed E-state index contributed by atoms with van der Waals surface area (Å²) in [5.41, 5.74) is 1.41. The molecule has 0 aromatic carbocycles. The maximum atomic E-state index is 8.78. The van der Waals surface area contributed by atoms with Gasteiger partial charge in [0.1, 0.15) is 22.9 Å². The molecule has 1 aromatic heterocycles. The molecule has 13 heavy (non-hydrogen) atoms. The van der Waals surface area contributed by atoms with E-state index in [0.29, 0.717) is 17.2 Å². The van der Waals surface area contributed by atoms with E-state index in [9.17, 15) is 0 Å². The summed E-state index contributed by atoms with van der Waals surface area (Å²) in [5, 5.41) is 11.4. The molecule has 3 nitrogen and oxygen atoms in total. The topological polar surface area (TPSA) is 45.9 Å². The third-order valence-electron chi connectivity index (χ3n) is 1.34. The zero-order chi connectivity index (χ0) is 9.68. The molecule has 0 bridgehead atoms. The van der Waals surface area contributed by atoms with Crippen LogP contribution in [0.1, 0.15) is 17.6 Å². The maximum absolute atomic E-state index is 8.78. The third kappa shape index (κ3) is 2.56. The zero-order valence-electron chi connectivity index (χ0n) is 7.57. The average molecular weight is 194 g/mol. The Kier molecular flexibility index (Phi) is 3.47. The molecule has 0 atom stereocenters. The number of ether oxygens (including phenoxy) is 1. The fourth-order valence-electron chi connectivity index (χ4n) is 0.769. The fourth-order valence-corrected chi connectivity index (χ4v) is 1.52. The molecule has 0 saturated carbocycles. The first-order valence-corrected chi connectivity index (χ1v) is 4.80. The third-order valence-corrected chi connectivity index (χ3v) is 2.33. The van der Waals surface area contributed by atoms with Crippen LogP contribution in [0.2, 0.25) is 0 Å². The number of thiazole rings is 1. The van der Waals surface area contributed by atoms with Crippen molar-refractivity contribution < 1.29 is 4.74 Å². The van der Waals surface area contributed by atoms with Crippen LogP contribution in [0.3, 0.4) is 0 Å². The number of rotatable bonds is 3. The Labute approximate surface area is 81.3 Å². The lowest BCUT2D eigenvalue weighted by Crippen LogP contribution is -1.84. The summed E-state index contributed by atoms with van der Waals surface area (Å²) in [7, 11) is 0. The molecule has 1 rings (SSSR count). The second-order valence-electron chi connectivity index (χ2n) is 2.39. The highest BCUT2D eigenvalue weighted by Gasteiger charge is 2.04. The summed E-state index contributed by atoms with van der Waals surface area (Å²) in [5.74, 6) is 0. The first kappa shape index (κ1) is 9.75. The van der Waals surface area contributed by atoms with Gasteiger partial charge in [0.2, 0.25) is 0 Å². The van der Waals surface area contributed by atoms with Crippen molar-refractivity contribution in [1.29, 1.82) is 5.26 Å². The predicted octanol–water partition coefficient (Wildman–Crippen LogP) is 2.35. The van der Waals surface area contributed by atoms with Crippen molar-refractivity contribution in [3.63, 3.8) is 0 Å². The molecule has 0 saturated heterocycles. The van der Waals surface area contributed by atoms with Gasteiger partial charge in [-0.05, 0) is 13.8 Å². The van der Waals surface area contributed by atoms with Gasteiger partial charge in [0.15, 0.2) is 0 Å². The molecule has 0 N–H and O–H groups in total.